The molecule has 1 rings (SSSR count). The summed E-state index contributed by atoms with van der Waals surface area (Å²) in [5, 5.41) is 2.60. The summed E-state index contributed by atoms with van der Waals surface area (Å²) in [6.45, 7) is 4.63. The first kappa shape index (κ1) is 20.0. The molecule has 6 nitrogen and oxygen atoms in total. The third-order valence-electron chi connectivity index (χ3n) is 3.39. The molecule has 0 saturated heterocycles. The number of amides is 2. The lowest BCUT2D eigenvalue weighted by molar-refractivity contribution is -0.133. The summed E-state index contributed by atoms with van der Waals surface area (Å²) < 4.78 is 10.5. The van der Waals surface area contributed by atoms with Crippen LogP contribution in [-0.4, -0.2) is 30.8 Å². The molecule has 0 heterocycles. The zero-order valence-corrected chi connectivity index (χ0v) is 14.4. The van der Waals surface area contributed by atoms with Crippen LogP contribution in [0.3, 0.4) is 0 Å². The Hall–Kier alpha value is -2.08. The van der Waals surface area contributed by atoms with E-state index < -0.39 is 17.6 Å². The highest BCUT2D eigenvalue weighted by Crippen LogP contribution is 2.08. The zero-order valence-electron chi connectivity index (χ0n) is 14.4. The first-order valence-electron chi connectivity index (χ1n) is 8.12. The van der Waals surface area contributed by atoms with E-state index in [1.165, 1.54) is 13.8 Å². The maximum absolute atomic E-state index is 11.5. The second-order valence-corrected chi connectivity index (χ2v) is 5.98. The van der Waals surface area contributed by atoms with Gasteiger partial charge in [-0.25, -0.2) is 4.79 Å². The Morgan fingerprint density at radius 1 is 1.21 bits per heavy atom. The zero-order chi connectivity index (χ0) is 17.8. The second-order valence-electron chi connectivity index (χ2n) is 5.98. The van der Waals surface area contributed by atoms with Crippen molar-refractivity contribution in [2.24, 2.45) is 5.73 Å². The van der Waals surface area contributed by atoms with Crippen LogP contribution in [0.15, 0.2) is 30.3 Å². The van der Waals surface area contributed by atoms with Crippen LogP contribution in [0, 0.1) is 6.42 Å². The number of carbonyl (C=O) groups is 2. The van der Waals surface area contributed by atoms with E-state index >= 15 is 0 Å². The fourth-order valence-electron chi connectivity index (χ4n) is 1.84. The van der Waals surface area contributed by atoms with Crippen molar-refractivity contribution in [3.05, 3.63) is 42.3 Å². The SMILES string of the molecule is CC(C)(OC(=O)NCCCC[CH]COCc1ccccc1)C(N)=O. The van der Waals surface area contributed by atoms with E-state index in [9.17, 15) is 9.59 Å². The Bertz CT molecular complexity index is 503. The van der Waals surface area contributed by atoms with E-state index in [2.05, 4.69) is 11.7 Å². The molecule has 1 aromatic rings. The van der Waals surface area contributed by atoms with Crippen LogP contribution >= 0.6 is 0 Å². The van der Waals surface area contributed by atoms with Gasteiger partial charge in [-0.1, -0.05) is 36.8 Å². The van der Waals surface area contributed by atoms with Gasteiger partial charge < -0.3 is 20.5 Å². The normalized spacial score (nSPS) is 11.1. The van der Waals surface area contributed by atoms with E-state index in [1.54, 1.807) is 0 Å². The van der Waals surface area contributed by atoms with Crippen LogP contribution in [0.25, 0.3) is 0 Å². The van der Waals surface area contributed by atoms with Gasteiger partial charge in [0.2, 0.25) is 0 Å². The molecule has 0 aliphatic carbocycles. The monoisotopic (exact) mass is 335 g/mol. The number of nitrogens with one attached hydrogen (secondary N) is 1. The minimum absolute atomic E-state index is 0.492. The Kier molecular flexibility index (Phi) is 8.86. The average Bonchev–Trinajstić information content (AvgIpc) is 2.53. The lowest BCUT2D eigenvalue weighted by atomic mass is 10.1. The fraction of sp³-hybridized carbons (Fsp3) is 0.500. The predicted octanol–water partition coefficient (Wildman–Crippen LogP) is 2.57. The number of ether oxygens (including phenoxy) is 2. The van der Waals surface area contributed by atoms with Crippen molar-refractivity contribution >= 4 is 12.0 Å². The van der Waals surface area contributed by atoms with Gasteiger partial charge in [-0.05, 0) is 38.7 Å². The molecule has 6 heteroatoms. The highest BCUT2D eigenvalue weighted by Gasteiger charge is 2.29. The molecule has 0 aliphatic heterocycles. The van der Waals surface area contributed by atoms with Gasteiger partial charge in [-0.2, -0.15) is 0 Å². The summed E-state index contributed by atoms with van der Waals surface area (Å²) in [6.07, 6.45) is 4.12. The summed E-state index contributed by atoms with van der Waals surface area (Å²) >= 11 is 0. The number of carbonyl (C=O) groups excluding carboxylic acids is 2. The smallest absolute Gasteiger partial charge is 0.408 e. The fourth-order valence-corrected chi connectivity index (χ4v) is 1.84. The van der Waals surface area contributed by atoms with Gasteiger partial charge in [0.05, 0.1) is 13.2 Å². The molecular weight excluding hydrogens is 308 g/mol. The van der Waals surface area contributed by atoms with E-state index in [-0.39, 0.29) is 0 Å². The average molecular weight is 335 g/mol. The number of rotatable bonds is 11. The molecule has 1 aromatic carbocycles. The van der Waals surface area contributed by atoms with Gasteiger partial charge >= 0.3 is 6.09 Å². The summed E-state index contributed by atoms with van der Waals surface area (Å²) in [7, 11) is 0. The standard InChI is InChI=1S/C18H27N2O4/c1-18(2,16(19)21)24-17(22)20-12-8-3-4-9-13-23-14-15-10-6-5-7-11-15/h5-7,9-11H,3-4,8,12-14H2,1-2H3,(H2,19,21)(H,20,22). The minimum atomic E-state index is -1.30. The van der Waals surface area contributed by atoms with Crippen molar-refractivity contribution in [1.29, 1.82) is 0 Å². The largest absolute Gasteiger partial charge is 0.433 e. The Morgan fingerprint density at radius 3 is 2.58 bits per heavy atom. The van der Waals surface area contributed by atoms with Gasteiger partial charge in [-0.15, -0.1) is 0 Å². The van der Waals surface area contributed by atoms with Crippen LogP contribution in [0.2, 0.25) is 0 Å². The predicted molar refractivity (Wildman–Crippen MR) is 92.0 cm³/mol. The molecule has 0 aromatic heterocycles. The van der Waals surface area contributed by atoms with Crippen LogP contribution in [0.5, 0.6) is 0 Å². The number of primary amides is 1. The van der Waals surface area contributed by atoms with Crippen molar-refractivity contribution in [1.82, 2.24) is 5.32 Å². The summed E-state index contributed by atoms with van der Waals surface area (Å²) in [5.41, 5.74) is 4.99. The van der Waals surface area contributed by atoms with Crippen molar-refractivity contribution in [3.8, 4) is 0 Å². The van der Waals surface area contributed by atoms with Gasteiger partial charge in [0.25, 0.3) is 5.91 Å². The molecule has 24 heavy (non-hydrogen) atoms. The van der Waals surface area contributed by atoms with Gasteiger partial charge in [0.1, 0.15) is 0 Å². The van der Waals surface area contributed by atoms with E-state index in [0.29, 0.717) is 19.8 Å². The third-order valence-corrected chi connectivity index (χ3v) is 3.39. The molecule has 2 amide bonds. The number of nitrogens with two attached hydrogens (primary N) is 1. The highest BCUT2D eigenvalue weighted by molar-refractivity contribution is 5.85. The van der Waals surface area contributed by atoms with Crippen LogP contribution < -0.4 is 11.1 Å². The Balaban J connectivity index is 1.95. The lowest BCUT2D eigenvalue weighted by Crippen LogP contribution is -2.44. The molecule has 0 spiro atoms. The number of hydrogen-bond acceptors (Lipinski definition) is 4. The number of hydrogen-bond donors (Lipinski definition) is 2. The molecular formula is C18H27N2O4. The van der Waals surface area contributed by atoms with Crippen molar-refractivity contribution in [2.75, 3.05) is 13.2 Å². The number of alkyl carbamates (subject to hydrolysis) is 1. The second kappa shape index (κ2) is 10.6. The maximum atomic E-state index is 11.5. The molecule has 1 radical (unpaired) electrons. The summed E-state index contributed by atoms with van der Waals surface area (Å²) in [5.74, 6) is -0.678. The summed E-state index contributed by atoms with van der Waals surface area (Å²) in [6, 6.07) is 10.0. The maximum Gasteiger partial charge on any atom is 0.408 e. The minimum Gasteiger partial charge on any atom is -0.433 e. The summed E-state index contributed by atoms with van der Waals surface area (Å²) in [4.78, 5) is 22.6. The first-order valence-corrected chi connectivity index (χ1v) is 8.12. The third kappa shape index (κ3) is 8.53. The lowest BCUT2D eigenvalue weighted by Gasteiger charge is -2.21. The van der Waals surface area contributed by atoms with Gasteiger partial charge in [0, 0.05) is 6.54 Å². The van der Waals surface area contributed by atoms with E-state index in [0.717, 1.165) is 24.8 Å². The first-order chi connectivity index (χ1) is 11.4. The van der Waals surface area contributed by atoms with E-state index in [1.807, 2.05) is 30.3 Å². The van der Waals surface area contributed by atoms with Crippen LogP contribution in [-0.2, 0) is 20.9 Å². The van der Waals surface area contributed by atoms with Gasteiger partial charge in [0.15, 0.2) is 5.60 Å². The molecule has 0 unspecified atom stereocenters. The molecule has 0 atom stereocenters. The molecule has 3 N–H and O–H groups in total. The quantitative estimate of drug-likeness (QED) is 0.608. The molecule has 0 fully saturated rings. The van der Waals surface area contributed by atoms with Crippen LogP contribution in [0.4, 0.5) is 4.79 Å². The van der Waals surface area contributed by atoms with Crippen molar-refractivity contribution < 1.29 is 19.1 Å². The number of benzene rings is 1. The van der Waals surface area contributed by atoms with Crippen LogP contribution in [0.1, 0.15) is 38.7 Å². The van der Waals surface area contributed by atoms with Crippen molar-refractivity contribution in [3.63, 3.8) is 0 Å². The molecule has 0 bridgehead atoms. The highest BCUT2D eigenvalue weighted by atomic mass is 16.6. The number of unbranched alkanes of at least 4 members (excludes halogenated alkanes) is 3. The van der Waals surface area contributed by atoms with E-state index in [4.69, 9.17) is 15.2 Å². The van der Waals surface area contributed by atoms with Gasteiger partial charge in [-0.3, -0.25) is 4.79 Å². The molecule has 0 saturated carbocycles. The Morgan fingerprint density at radius 2 is 1.92 bits per heavy atom. The molecule has 133 valence electrons. The van der Waals surface area contributed by atoms with Crippen molar-refractivity contribution in [2.45, 2.75) is 45.3 Å². The Labute approximate surface area is 143 Å². The topological polar surface area (TPSA) is 90.7 Å². The molecule has 0 aliphatic rings.